The minimum Gasteiger partial charge on any atom is -0.482 e. The Morgan fingerprint density at radius 1 is 1.38 bits per heavy atom. The maximum absolute atomic E-state index is 13.5. The van der Waals surface area contributed by atoms with Gasteiger partial charge in [-0.2, -0.15) is 5.26 Å². The number of ether oxygens (including phenoxy) is 1. The predicted molar refractivity (Wildman–Crippen MR) is 76.2 cm³/mol. The van der Waals surface area contributed by atoms with Gasteiger partial charge in [-0.25, -0.2) is 4.39 Å². The normalized spacial score (nSPS) is 9.95. The van der Waals surface area contributed by atoms with Crippen LogP contribution in [-0.4, -0.2) is 4.92 Å². The van der Waals surface area contributed by atoms with E-state index in [9.17, 15) is 14.5 Å². The smallest absolute Gasteiger partial charge is 0.312 e. The third-order valence-electron chi connectivity index (χ3n) is 2.72. The van der Waals surface area contributed by atoms with E-state index in [2.05, 4.69) is 15.9 Å². The van der Waals surface area contributed by atoms with Crippen molar-refractivity contribution in [3.05, 3.63) is 67.9 Å². The molecule has 0 aliphatic carbocycles. The number of benzene rings is 2. The van der Waals surface area contributed by atoms with E-state index in [1.165, 1.54) is 0 Å². The number of rotatable bonds is 4. The van der Waals surface area contributed by atoms with E-state index in [-0.39, 0.29) is 22.5 Å². The Balaban J connectivity index is 2.30. The van der Waals surface area contributed by atoms with E-state index < -0.39 is 10.7 Å². The zero-order chi connectivity index (χ0) is 15.4. The maximum atomic E-state index is 13.5. The molecule has 0 aliphatic rings. The van der Waals surface area contributed by atoms with Crippen LogP contribution in [0.15, 0.2) is 40.9 Å². The second kappa shape index (κ2) is 6.33. The molecule has 0 aliphatic heterocycles. The van der Waals surface area contributed by atoms with Crippen LogP contribution < -0.4 is 4.74 Å². The summed E-state index contributed by atoms with van der Waals surface area (Å²) in [4.78, 5) is 10.3. The number of nitriles is 1. The van der Waals surface area contributed by atoms with Gasteiger partial charge in [0.05, 0.1) is 21.0 Å². The van der Waals surface area contributed by atoms with Gasteiger partial charge in [0.1, 0.15) is 12.4 Å². The molecule has 2 aromatic rings. The molecule has 2 aromatic carbocycles. The van der Waals surface area contributed by atoms with Crippen molar-refractivity contribution >= 4 is 21.6 Å². The quantitative estimate of drug-likeness (QED) is 0.617. The molecular formula is C14H8BrFN2O3. The van der Waals surface area contributed by atoms with E-state index in [0.29, 0.717) is 11.1 Å². The molecule has 0 N–H and O–H groups in total. The van der Waals surface area contributed by atoms with Crippen molar-refractivity contribution in [1.82, 2.24) is 0 Å². The molecule has 0 amide bonds. The fourth-order valence-electron chi connectivity index (χ4n) is 1.69. The molecule has 7 heteroatoms. The summed E-state index contributed by atoms with van der Waals surface area (Å²) in [7, 11) is 0. The van der Waals surface area contributed by atoms with Crippen molar-refractivity contribution < 1.29 is 14.1 Å². The van der Waals surface area contributed by atoms with Gasteiger partial charge in [0.25, 0.3) is 0 Å². The summed E-state index contributed by atoms with van der Waals surface area (Å²) in [5, 5.41) is 19.9. The third kappa shape index (κ3) is 3.35. The Labute approximate surface area is 127 Å². The van der Waals surface area contributed by atoms with E-state index in [1.54, 1.807) is 24.3 Å². The van der Waals surface area contributed by atoms with Gasteiger partial charge in [-0.3, -0.25) is 10.1 Å². The lowest BCUT2D eigenvalue weighted by molar-refractivity contribution is -0.386. The summed E-state index contributed by atoms with van der Waals surface area (Å²) in [6.45, 7) is -0.0638. The number of nitrogens with zero attached hydrogens (tertiary/aromatic N) is 2. The lowest BCUT2D eigenvalue weighted by Crippen LogP contribution is -2.01. The van der Waals surface area contributed by atoms with E-state index in [4.69, 9.17) is 10.00 Å². The first-order valence-corrected chi connectivity index (χ1v) is 6.56. The Morgan fingerprint density at radius 2 is 2.10 bits per heavy atom. The Hall–Kier alpha value is -2.46. The molecule has 0 saturated carbocycles. The van der Waals surface area contributed by atoms with E-state index in [0.717, 1.165) is 12.1 Å². The highest BCUT2D eigenvalue weighted by atomic mass is 79.9. The SMILES string of the molecule is N#Cc1ccccc1COc1cc(F)c(Br)cc1[N+](=O)[O-]. The molecule has 0 heterocycles. The number of nitro groups is 1. The maximum Gasteiger partial charge on any atom is 0.312 e. The van der Waals surface area contributed by atoms with Crippen LogP contribution in [0.3, 0.4) is 0 Å². The average Bonchev–Trinajstić information content (AvgIpc) is 2.48. The van der Waals surface area contributed by atoms with Crippen molar-refractivity contribution in [3.8, 4) is 11.8 Å². The Bertz CT molecular complexity index is 743. The minimum atomic E-state index is -0.663. The summed E-state index contributed by atoms with van der Waals surface area (Å²) in [6.07, 6.45) is 0. The van der Waals surface area contributed by atoms with E-state index in [1.807, 2.05) is 6.07 Å². The van der Waals surface area contributed by atoms with Crippen LogP contribution in [0, 0.1) is 27.3 Å². The summed E-state index contributed by atoms with van der Waals surface area (Å²) in [6, 6.07) is 10.7. The van der Waals surface area contributed by atoms with Gasteiger partial charge in [-0.1, -0.05) is 18.2 Å². The van der Waals surface area contributed by atoms with Gasteiger partial charge >= 0.3 is 5.69 Å². The second-order valence-electron chi connectivity index (χ2n) is 4.05. The standard InChI is InChI=1S/C14H8BrFN2O3/c15-11-5-13(18(19)20)14(6-12(11)16)21-8-10-4-2-1-3-9(10)7-17/h1-6H,8H2. The van der Waals surface area contributed by atoms with Gasteiger partial charge in [0, 0.05) is 17.7 Å². The number of nitro benzene ring substituents is 1. The fraction of sp³-hybridized carbons (Fsp3) is 0.0714. The molecule has 106 valence electrons. The van der Waals surface area contributed by atoms with Crippen molar-refractivity contribution in [3.63, 3.8) is 0 Å². The molecule has 5 nitrogen and oxygen atoms in total. The first-order chi connectivity index (χ1) is 10.0. The minimum absolute atomic E-state index is 0.0148. The summed E-state index contributed by atoms with van der Waals surface area (Å²) >= 11 is 2.89. The molecule has 21 heavy (non-hydrogen) atoms. The summed E-state index contributed by atoms with van der Waals surface area (Å²) in [5.41, 5.74) is 0.619. The monoisotopic (exact) mass is 350 g/mol. The second-order valence-corrected chi connectivity index (χ2v) is 4.90. The van der Waals surface area contributed by atoms with Gasteiger partial charge in [0.2, 0.25) is 0 Å². The Kier molecular flexibility index (Phi) is 4.50. The van der Waals surface area contributed by atoms with Crippen LogP contribution in [-0.2, 0) is 6.61 Å². The molecule has 0 atom stereocenters. The summed E-state index contributed by atoms with van der Waals surface area (Å²) in [5.74, 6) is -0.849. The zero-order valence-electron chi connectivity index (χ0n) is 10.5. The molecule has 0 saturated heterocycles. The molecular weight excluding hydrogens is 343 g/mol. The van der Waals surface area contributed by atoms with Crippen molar-refractivity contribution in [2.45, 2.75) is 6.61 Å². The number of hydrogen-bond donors (Lipinski definition) is 0. The van der Waals surface area contributed by atoms with Gasteiger partial charge in [-0.15, -0.1) is 0 Å². The highest BCUT2D eigenvalue weighted by molar-refractivity contribution is 9.10. The highest BCUT2D eigenvalue weighted by Gasteiger charge is 2.19. The van der Waals surface area contributed by atoms with Gasteiger partial charge in [0.15, 0.2) is 5.75 Å². The van der Waals surface area contributed by atoms with Crippen LogP contribution in [0.1, 0.15) is 11.1 Å². The first-order valence-electron chi connectivity index (χ1n) is 5.77. The van der Waals surface area contributed by atoms with Crippen LogP contribution in [0.4, 0.5) is 10.1 Å². The molecule has 2 rings (SSSR count). The highest BCUT2D eigenvalue weighted by Crippen LogP contribution is 2.33. The average molecular weight is 351 g/mol. The number of halogens is 2. The lowest BCUT2D eigenvalue weighted by Gasteiger charge is -2.08. The molecule has 0 fully saturated rings. The predicted octanol–water partition coefficient (Wildman–Crippen LogP) is 3.95. The van der Waals surface area contributed by atoms with Gasteiger partial charge < -0.3 is 4.74 Å². The first kappa shape index (κ1) is 14.9. The van der Waals surface area contributed by atoms with Gasteiger partial charge in [-0.05, 0) is 22.0 Å². The topological polar surface area (TPSA) is 76.2 Å². The summed E-state index contributed by atoms with van der Waals surface area (Å²) < 4.78 is 18.8. The third-order valence-corrected chi connectivity index (χ3v) is 3.33. The van der Waals surface area contributed by atoms with Crippen LogP contribution in [0.25, 0.3) is 0 Å². The molecule has 0 radical (unpaired) electrons. The van der Waals surface area contributed by atoms with Crippen molar-refractivity contribution in [1.29, 1.82) is 5.26 Å². The van der Waals surface area contributed by atoms with Crippen LogP contribution >= 0.6 is 15.9 Å². The van der Waals surface area contributed by atoms with E-state index >= 15 is 0 Å². The lowest BCUT2D eigenvalue weighted by atomic mass is 10.1. The largest absolute Gasteiger partial charge is 0.482 e. The number of hydrogen-bond acceptors (Lipinski definition) is 4. The molecule has 0 spiro atoms. The van der Waals surface area contributed by atoms with Crippen LogP contribution in [0.2, 0.25) is 0 Å². The molecule has 0 aromatic heterocycles. The zero-order valence-corrected chi connectivity index (χ0v) is 12.1. The molecule has 0 unspecified atom stereocenters. The van der Waals surface area contributed by atoms with Crippen LogP contribution in [0.5, 0.6) is 5.75 Å². The van der Waals surface area contributed by atoms with Crippen molar-refractivity contribution in [2.75, 3.05) is 0 Å². The Morgan fingerprint density at radius 3 is 2.76 bits per heavy atom. The fourth-order valence-corrected chi connectivity index (χ4v) is 2.02. The van der Waals surface area contributed by atoms with Crippen molar-refractivity contribution in [2.24, 2.45) is 0 Å². The molecule has 0 bridgehead atoms.